The minimum atomic E-state index is -1.04. The van der Waals surface area contributed by atoms with Crippen LogP contribution in [-0.2, 0) is 12.1 Å². The molecule has 0 spiro atoms. The van der Waals surface area contributed by atoms with Crippen LogP contribution in [0.4, 0.5) is 10.2 Å². The number of rotatable bonds is 5. The van der Waals surface area contributed by atoms with Crippen molar-refractivity contribution in [3.05, 3.63) is 65.4 Å². The summed E-state index contributed by atoms with van der Waals surface area (Å²) in [7, 11) is 0. The number of nitrogen functional groups attached to an aromatic ring is 1. The van der Waals surface area contributed by atoms with Gasteiger partial charge in [0, 0.05) is 41.0 Å². The third-order valence-corrected chi connectivity index (χ3v) is 6.35. The summed E-state index contributed by atoms with van der Waals surface area (Å²) in [6.07, 6.45) is 4.05. The average molecular weight is 476 g/mol. The van der Waals surface area contributed by atoms with Crippen LogP contribution >= 0.6 is 0 Å². The standard InChI is InChI=1S/C26H30FN7O/c1-15-23(26(3,4)35)16(2)34(31-15)22-13-21(28)30-25-20(11-12-29-22)24(18-7-9-19(27)10-8-18)32-33(25)14-17-5-6-17/h7-13,17,30,35H,5-6,14,28H2,1-4H3. The number of hydrogen-bond donors (Lipinski definition) is 3. The first-order chi connectivity index (χ1) is 16.6. The van der Waals surface area contributed by atoms with Crippen molar-refractivity contribution in [2.24, 2.45) is 5.92 Å². The summed E-state index contributed by atoms with van der Waals surface area (Å²) in [5.74, 6) is 1.19. The number of H-pyrrole nitrogens is 1. The van der Waals surface area contributed by atoms with Crippen molar-refractivity contribution in [2.45, 2.75) is 52.7 Å². The van der Waals surface area contributed by atoms with E-state index in [0.29, 0.717) is 17.6 Å². The third-order valence-electron chi connectivity index (χ3n) is 6.35. The highest BCUT2D eigenvalue weighted by Gasteiger charge is 2.26. The first-order valence-corrected chi connectivity index (χ1v) is 11.8. The van der Waals surface area contributed by atoms with Crippen LogP contribution in [0, 0.1) is 25.6 Å². The maximum Gasteiger partial charge on any atom is 0.157 e. The average Bonchev–Trinajstić information content (AvgIpc) is 3.44. The largest absolute Gasteiger partial charge is 0.386 e. The molecule has 0 unspecified atom stereocenters. The Labute approximate surface area is 202 Å². The van der Waals surface area contributed by atoms with Gasteiger partial charge in [-0.05, 0) is 76.8 Å². The molecule has 1 aliphatic carbocycles. The topological polar surface area (TPSA) is 111 Å². The van der Waals surface area contributed by atoms with Crippen molar-refractivity contribution < 1.29 is 9.50 Å². The Morgan fingerprint density at radius 3 is 2.49 bits per heavy atom. The molecular weight excluding hydrogens is 445 g/mol. The molecule has 8 nitrogen and oxygen atoms in total. The van der Waals surface area contributed by atoms with Gasteiger partial charge >= 0.3 is 0 Å². The van der Waals surface area contributed by atoms with E-state index in [1.165, 1.54) is 25.0 Å². The van der Waals surface area contributed by atoms with Gasteiger partial charge in [0.2, 0.25) is 0 Å². The zero-order valence-corrected chi connectivity index (χ0v) is 20.4. The van der Waals surface area contributed by atoms with E-state index >= 15 is 0 Å². The van der Waals surface area contributed by atoms with E-state index in [1.54, 1.807) is 42.9 Å². The Morgan fingerprint density at radius 1 is 1.14 bits per heavy atom. The maximum absolute atomic E-state index is 13.6. The molecule has 35 heavy (non-hydrogen) atoms. The fourth-order valence-corrected chi connectivity index (χ4v) is 4.67. The molecule has 0 bridgehead atoms. The van der Waals surface area contributed by atoms with Crippen LogP contribution in [0.15, 0.2) is 42.6 Å². The Balaban J connectivity index is 1.72. The number of nitrogens with zero attached hydrogens (tertiary/aromatic N) is 5. The van der Waals surface area contributed by atoms with Crippen LogP contribution in [0.25, 0.3) is 28.1 Å². The summed E-state index contributed by atoms with van der Waals surface area (Å²) in [4.78, 5) is 7.97. The number of aromatic nitrogens is 6. The van der Waals surface area contributed by atoms with Crippen LogP contribution in [0.5, 0.6) is 0 Å². The summed E-state index contributed by atoms with van der Waals surface area (Å²) in [5, 5.41) is 20.9. The predicted octanol–water partition coefficient (Wildman–Crippen LogP) is 4.71. The van der Waals surface area contributed by atoms with Crippen molar-refractivity contribution in [2.75, 3.05) is 5.73 Å². The Bertz CT molecular complexity index is 1450. The van der Waals surface area contributed by atoms with E-state index in [0.717, 1.165) is 45.8 Å². The fourth-order valence-electron chi connectivity index (χ4n) is 4.67. The van der Waals surface area contributed by atoms with Gasteiger partial charge in [-0.2, -0.15) is 10.2 Å². The van der Waals surface area contributed by atoms with E-state index in [4.69, 9.17) is 10.8 Å². The Morgan fingerprint density at radius 2 is 1.86 bits per heavy atom. The monoisotopic (exact) mass is 475 g/mol. The number of benzene rings is 1. The third kappa shape index (κ3) is 4.51. The molecule has 1 fully saturated rings. The lowest BCUT2D eigenvalue weighted by Gasteiger charge is -2.17. The van der Waals surface area contributed by atoms with Crippen molar-refractivity contribution in [1.82, 2.24) is 29.5 Å². The quantitative estimate of drug-likeness (QED) is 0.387. The number of halogens is 1. The van der Waals surface area contributed by atoms with E-state index in [2.05, 4.69) is 15.1 Å². The lowest BCUT2D eigenvalue weighted by molar-refractivity contribution is 0.0772. The minimum absolute atomic E-state index is 0.295. The van der Waals surface area contributed by atoms with E-state index in [9.17, 15) is 9.50 Å². The lowest BCUT2D eigenvalue weighted by atomic mass is 9.96. The first-order valence-electron chi connectivity index (χ1n) is 11.8. The second-order valence-corrected chi connectivity index (χ2v) is 9.79. The van der Waals surface area contributed by atoms with Gasteiger partial charge < -0.3 is 15.8 Å². The van der Waals surface area contributed by atoms with Gasteiger partial charge in [0.15, 0.2) is 5.82 Å². The van der Waals surface area contributed by atoms with Crippen molar-refractivity contribution >= 4 is 16.9 Å². The molecule has 0 saturated heterocycles. The molecule has 1 saturated carbocycles. The normalized spacial score (nSPS) is 13.9. The number of fused-ring (bicyclic) bond motifs is 1. The van der Waals surface area contributed by atoms with Gasteiger partial charge in [0.05, 0.1) is 11.3 Å². The summed E-state index contributed by atoms with van der Waals surface area (Å²) < 4.78 is 17.2. The SMILES string of the molecule is Cc1nn(-c2cc(N)[nH]c3c(ccn2)c(-c2ccc(F)cc2)nn3CC2CC2)c(C)c1C(C)(C)O. The highest BCUT2D eigenvalue weighted by atomic mass is 19.1. The number of aryl methyl sites for hydroxylation is 1. The molecule has 0 radical (unpaired) electrons. The number of nitrogens with one attached hydrogen (secondary N) is 1. The number of aromatic amines is 1. The van der Waals surface area contributed by atoms with Crippen molar-refractivity contribution in [3.8, 4) is 17.1 Å². The van der Waals surface area contributed by atoms with E-state index in [-0.39, 0.29) is 5.82 Å². The minimum Gasteiger partial charge on any atom is -0.386 e. The molecule has 1 aromatic carbocycles. The molecule has 0 aliphatic heterocycles. The van der Waals surface area contributed by atoms with Gasteiger partial charge in [-0.15, -0.1) is 0 Å². The van der Waals surface area contributed by atoms with Gasteiger partial charge in [-0.3, -0.25) is 0 Å². The number of anilines is 1. The zero-order valence-electron chi connectivity index (χ0n) is 20.4. The summed E-state index contributed by atoms with van der Waals surface area (Å²) in [6.45, 7) is 8.02. The highest BCUT2D eigenvalue weighted by molar-refractivity contribution is 5.91. The van der Waals surface area contributed by atoms with Crippen LogP contribution in [0.2, 0.25) is 0 Å². The van der Waals surface area contributed by atoms with Crippen molar-refractivity contribution in [3.63, 3.8) is 0 Å². The smallest absolute Gasteiger partial charge is 0.157 e. The summed E-state index contributed by atoms with van der Waals surface area (Å²) >= 11 is 0. The molecule has 5 rings (SSSR count). The van der Waals surface area contributed by atoms with E-state index in [1.807, 2.05) is 24.6 Å². The molecule has 0 amide bonds. The number of nitrogens with two attached hydrogens (primary N) is 1. The molecule has 182 valence electrons. The molecule has 3 aromatic heterocycles. The van der Waals surface area contributed by atoms with Crippen LogP contribution in [0.3, 0.4) is 0 Å². The second kappa shape index (κ2) is 8.49. The van der Waals surface area contributed by atoms with Gasteiger partial charge in [-0.1, -0.05) is 0 Å². The molecule has 0 atom stereocenters. The Kier molecular flexibility index (Phi) is 5.59. The van der Waals surface area contributed by atoms with Gasteiger partial charge in [0.25, 0.3) is 0 Å². The molecular formula is C26H30FN7O. The van der Waals surface area contributed by atoms with Gasteiger partial charge in [0.1, 0.15) is 23.0 Å². The molecule has 3 heterocycles. The molecule has 4 N–H and O–H groups in total. The number of aliphatic hydroxyl groups is 1. The van der Waals surface area contributed by atoms with Crippen LogP contribution in [0.1, 0.15) is 43.6 Å². The summed E-state index contributed by atoms with van der Waals surface area (Å²) in [5.41, 5.74) is 9.97. The zero-order chi connectivity index (χ0) is 24.9. The lowest BCUT2D eigenvalue weighted by Crippen LogP contribution is -2.17. The van der Waals surface area contributed by atoms with Crippen LogP contribution < -0.4 is 5.73 Å². The molecule has 9 heteroatoms. The van der Waals surface area contributed by atoms with Crippen molar-refractivity contribution in [1.29, 1.82) is 0 Å². The highest BCUT2D eigenvalue weighted by Crippen LogP contribution is 2.34. The predicted molar refractivity (Wildman–Crippen MR) is 134 cm³/mol. The summed E-state index contributed by atoms with van der Waals surface area (Å²) in [6, 6.07) is 9.91. The van der Waals surface area contributed by atoms with Gasteiger partial charge in [-0.25, -0.2) is 18.7 Å². The number of hydrogen-bond acceptors (Lipinski definition) is 5. The fraction of sp³-hybridized carbons (Fsp3) is 0.346. The van der Waals surface area contributed by atoms with Crippen LogP contribution in [-0.4, -0.2) is 34.6 Å². The maximum atomic E-state index is 13.6. The molecule has 4 aromatic rings. The Hall–Kier alpha value is -3.72. The van der Waals surface area contributed by atoms with E-state index < -0.39 is 5.60 Å². The molecule has 1 aliphatic rings. The first kappa shape index (κ1) is 23.0. The second-order valence-electron chi connectivity index (χ2n) is 9.79.